The standard InChI is InChI=1S/C11H10N4O3/c1-18-11(17)7-4-2-3-5-8(7)14-15-9(6-12)10(13)16/h2-5,9H,1H3,(H2,13,16). The van der Waals surface area contributed by atoms with Crippen LogP contribution in [0.15, 0.2) is 34.5 Å². The molecule has 0 saturated heterocycles. The van der Waals surface area contributed by atoms with Gasteiger partial charge in [0.15, 0.2) is 0 Å². The Balaban J connectivity index is 3.05. The first-order valence-corrected chi connectivity index (χ1v) is 4.87. The zero-order valence-electron chi connectivity index (χ0n) is 9.53. The average Bonchev–Trinajstić information content (AvgIpc) is 2.38. The molecule has 7 nitrogen and oxygen atoms in total. The Hall–Kier alpha value is -2.75. The zero-order chi connectivity index (χ0) is 13.5. The summed E-state index contributed by atoms with van der Waals surface area (Å²) in [4.78, 5) is 22.2. The molecule has 0 aliphatic heterocycles. The summed E-state index contributed by atoms with van der Waals surface area (Å²) in [6, 6.07) is 6.46. The molecule has 0 spiro atoms. The largest absolute Gasteiger partial charge is 0.465 e. The number of primary amides is 1. The fraction of sp³-hybridized carbons (Fsp3) is 0.182. The Morgan fingerprint density at radius 3 is 2.67 bits per heavy atom. The average molecular weight is 246 g/mol. The van der Waals surface area contributed by atoms with E-state index in [1.807, 2.05) is 0 Å². The van der Waals surface area contributed by atoms with Gasteiger partial charge >= 0.3 is 5.97 Å². The number of ether oxygens (including phenoxy) is 1. The van der Waals surface area contributed by atoms with Gasteiger partial charge in [-0.25, -0.2) is 4.79 Å². The number of esters is 1. The quantitative estimate of drug-likeness (QED) is 0.627. The Labute approximate surface area is 103 Å². The highest BCUT2D eigenvalue weighted by atomic mass is 16.5. The van der Waals surface area contributed by atoms with Gasteiger partial charge in [-0.1, -0.05) is 12.1 Å². The van der Waals surface area contributed by atoms with Crippen molar-refractivity contribution in [1.29, 1.82) is 5.26 Å². The van der Waals surface area contributed by atoms with Crippen molar-refractivity contribution in [3.05, 3.63) is 29.8 Å². The third-order valence-electron chi connectivity index (χ3n) is 1.98. The lowest BCUT2D eigenvalue weighted by molar-refractivity contribution is -0.118. The fourth-order valence-electron chi connectivity index (χ4n) is 1.11. The summed E-state index contributed by atoms with van der Waals surface area (Å²) < 4.78 is 4.56. The number of nitrogens with two attached hydrogens (primary N) is 1. The lowest BCUT2D eigenvalue weighted by Crippen LogP contribution is -2.24. The third-order valence-corrected chi connectivity index (χ3v) is 1.98. The molecule has 0 aromatic heterocycles. The summed E-state index contributed by atoms with van der Waals surface area (Å²) in [7, 11) is 1.23. The Bertz CT molecular complexity index is 533. The van der Waals surface area contributed by atoms with Crippen LogP contribution >= 0.6 is 0 Å². The van der Waals surface area contributed by atoms with Crippen LogP contribution < -0.4 is 5.73 Å². The molecule has 0 aliphatic rings. The van der Waals surface area contributed by atoms with E-state index in [0.717, 1.165) is 0 Å². The van der Waals surface area contributed by atoms with Gasteiger partial charge in [0.05, 0.1) is 18.4 Å². The summed E-state index contributed by atoms with van der Waals surface area (Å²) >= 11 is 0. The summed E-state index contributed by atoms with van der Waals surface area (Å²) in [6.07, 6.45) is 0. The van der Waals surface area contributed by atoms with Crippen molar-refractivity contribution in [2.45, 2.75) is 6.04 Å². The second kappa shape index (κ2) is 6.10. The molecular formula is C11H10N4O3. The van der Waals surface area contributed by atoms with E-state index in [1.165, 1.54) is 19.2 Å². The Morgan fingerprint density at radius 2 is 2.11 bits per heavy atom. The van der Waals surface area contributed by atoms with Gasteiger partial charge in [-0.3, -0.25) is 4.79 Å². The van der Waals surface area contributed by atoms with E-state index in [2.05, 4.69) is 15.0 Å². The molecule has 92 valence electrons. The van der Waals surface area contributed by atoms with Crippen molar-refractivity contribution in [2.75, 3.05) is 7.11 Å². The summed E-state index contributed by atoms with van der Waals surface area (Å²) in [5.41, 5.74) is 5.31. The molecule has 1 amide bonds. The number of amides is 1. The third kappa shape index (κ3) is 3.12. The molecule has 1 aromatic carbocycles. The van der Waals surface area contributed by atoms with Crippen molar-refractivity contribution in [3.8, 4) is 6.07 Å². The van der Waals surface area contributed by atoms with Crippen LogP contribution in [0.3, 0.4) is 0 Å². The number of hydrogen-bond donors (Lipinski definition) is 1. The highest BCUT2D eigenvalue weighted by Crippen LogP contribution is 2.20. The zero-order valence-corrected chi connectivity index (χ0v) is 9.53. The van der Waals surface area contributed by atoms with Crippen molar-refractivity contribution in [1.82, 2.24) is 0 Å². The van der Waals surface area contributed by atoms with E-state index >= 15 is 0 Å². The second-order valence-electron chi connectivity index (χ2n) is 3.16. The molecule has 1 aromatic rings. The minimum absolute atomic E-state index is 0.185. The molecule has 0 bridgehead atoms. The number of hydrogen-bond acceptors (Lipinski definition) is 6. The maximum atomic E-state index is 11.4. The van der Waals surface area contributed by atoms with Crippen LogP contribution in [0.1, 0.15) is 10.4 Å². The maximum Gasteiger partial charge on any atom is 0.340 e. The van der Waals surface area contributed by atoms with Gasteiger partial charge in [-0.05, 0) is 12.1 Å². The van der Waals surface area contributed by atoms with E-state index in [-0.39, 0.29) is 11.3 Å². The predicted octanol–water partition coefficient (Wildman–Crippen LogP) is 0.934. The first-order chi connectivity index (χ1) is 8.60. The number of methoxy groups -OCH3 is 1. The molecule has 7 heteroatoms. The van der Waals surface area contributed by atoms with Gasteiger partial charge in [0.2, 0.25) is 6.04 Å². The van der Waals surface area contributed by atoms with Crippen molar-refractivity contribution in [3.63, 3.8) is 0 Å². The predicted molar refractivity (Wildman–Crippen MR) is 60.9 cm³/mol. The number of carbonyl (C=O) groups excluding carboxylic acids is 2. The van der Waals surface area contributed by atoms with Crippen molar-refractivity contribution < 1.29 is 14.3 Å². The molecular weight excluding hydrogens is 236 g/mol. The van der Waals surface area contributed by atoms with Crippen LogP contribution in [-0.4, -0.2) is 25.0 Å². The number of nitrogens with zero attached hydrogens (tertiary/aromatic N) is 3. The van der Waals surface area contributed by atoms with Gasteiger partial charge in [-0.15, -0.1) is 0 Å². The highest BCUT2D eigenvalue weighted by molar-refractivity contribution is 5.94. The molecule has 2 N–H and O–H groups in total. The van der Waals surface area contributed by atoms with Crippen LogP contribution in [0, 0.1) is 11.3 Å². The fourth-order valence-corrected chi connectivity index (χ4v) is 1.11. The van der Waals surface area contributed by atoms with E-state index < -0.39 is 17.9 Å². The lowest BCUT2D eigenvalue weighted by atomic mass is 10.2. The molecule has 0 heterocycles. The summed E-state index contributed by atoms with van der Waals surface area (Å²) in [5, 5.41) is 15.7. The molecule has 0 saturated carbocycles. The van der Waals surface area contributed by atoms with Gasteiger partial charge in [0.25, 0.3) is 5.91 Å². The monoisotopic (exact) mass is 246 g/mol. The molecule has 18 heavy (non-hydrogen) atoms. The Morgan fingerprint density at radius 1 is 1.44 bits per heavy atom. The van der Waals surface area contributed by atoms with Crippen molar-refractivity contribution in [2.24, 2.45) is 16.0 Å². The van der Waals surface area contributed by atoms with E-state index in [0.29, 0.717) is 0 Å². The van der Waals surface area contributed by atoms with Crippen molar-refractivity contribution >= 4 is 17.6 Å². The number of azo groups is 1. The first kappa shape index (κ1) is 13.3. The molecule has 0 fully saturated rings. The highest BCUT2D eigenvalue weighted by Gasteiger charge is 2.14. The molecule has 1 unspecified atom stereocenters. The number of carbonyl (C=O) groups is 2. The second-order valence-corrected chi connectivity index (χ2v) is 3.16. The molecule has 1 atom stereocenters. The van der Waals surface area contributed by atoms with Gasteiger partial charge < -0.3 is 10.5 Å². The number of benzene rings is 1. The van der Waals surface area contributed by atoms with Crippen LogP contribution in [0.25, 0.3) is 0 Å². The molecule has 0 radical (unpaired) electrons. The van der Waals surface area contributed by atoms with E-state index in [1.54, 1.807) is 18.2 Å². The summed E-state index contributed by atoms with van der Waals surface area (Å²) in [5.74, 6) is -1.49. The van der Waals surface area contributed by atoms with Crippen LogP contribution in [0.5, 0.6) is 0 Å². The van der Waals surface area contributed by atoms with Crippen LogP contribution in [0.2, 0.25) is 0 Å². The lowest BCUT2D eigenvalue weighted by Gasteiger charge is -2.02. The van der Waals surface area contributed by atoms with E-state index in [4.69, 9.17) is 11.0 Å². The minimum Gasteiger partial charge on any atom is -0.465 e. The van der Waals surface area contributed by atoms with Gasteiger partial charge in [0.1, 0.15) is 6.07 Å². The summed E-state index contributed by atoms with van der Waals surface area (Å²) in [6.45, 7) is 0. The first-order valence-electron chi connectivity index (χ1n) is 4.87. The van der Waals surface area contributed by atoms with Crippen LogP contribution in [-0.2, 0) is 9.53 Å². The van der Waals surface area contributed by atoms with Crippen LogP contribution in [0.4, 0.5) is 5.69 Å². The van der Waals surface area contributed by atoms with Gasteiger partial charge in [-0.2, -0.15) is 15.5 Å². The van der Waals surface area contributed by atoms with E-state index in [9.17, 15) is 9.59 Å². The normalized spacial score (nSPS) is 11.8. The minimum atomic E-state index is -1.38. The van der Waals surface area contributed by atoms with Gasteiger partial charge in [0, 0.05) is 0 Å². The smallest absolute Gasteiger partial charge is 0.340 e. The SMILES string of the molecule is COC(=O)c1ccccc1N=NC(C#N)C(N)=O. The number of rotatable bonds is 4. The number of nitriles is 1. The molecule has 0 aliphatic carbocycles. The maximum absolute atomic E-state index is 11.4. The topological polar surface area (TPSA) is 118 Å². The molecule has 1 rings (SSSR count). The Kier molecular flexibility index (Phi) is 4.51.